The van der Waals surface area contributed by atoms with Crippen molar-refractivity contribution in [2.24, 2.45) is 0 Å². The van der Waals surface area contributed by atoms with Gasteiger partial charge in [-0.3, -0.25) is 4.79 Å². The number of ketones is 1. The van der Waals surface area contributed by atoms with Crippen molar-refractivity contribution in [3.63, 3.8) is 0 Å². The van der Waals surface area contributed by atoms with E-state index in [1.807, 2.05) is 26.0 Å². The lowest BCUT2D eigenvalue weighted by molar-refractivity contribution is 0.104. The molecule has 0 aliphatic heterocycles. The van der Waals surface area contributed by atoms with Gasteiger partial charge in [-0.1, -0.05) is 6.58 Å². The summed E-state index contributed by atoms with van der Waals surface area (Å²) in [6.45, 7) is 7.27. The maximum atomic E-state index is 11.4. The Kier molecular flexibility index (Phi) is 3.07. The SMILES string of the molecule is C=CC(=O)c1cc(C)c(OC)cc1C. The minimum absolute atomic E-state index is 0.0479. The van der Waals surface area contributed by atoms with E-state index in [1.165, 1.54) is 6.08 Å². The van der Waals surface area contributed by atoms with Gasteiger partial charge in [-0.15, -0.1) is 0 Å². The van der Waals surface area contributed by atoms with Crippen molar-refractivity contribution in [2.45, 2.75) is 13.8 Å². The predicted molar refractivity (Wildman–Crippen MR) is 57.0 cm³/mol. The molecule has 2 heteroatoms. The number of hydrogen-bond donors (Lipinski definition) is 0. The average molecular weight is 190 g/mol. The summed E-state index contributed by atoms with van der Waals surface area (Å²) in [7, 11) is 1.62. The Hall–Kier alpha value is -1.57. The van der Waals surface area contributed by atoms with E-state index >= 15 is 0 Å². The van der Waals surface area contributed by atoms with Crippen molar-refractivity contribution in [1.29, 1.82) is 0 Å². The molecule has 0 radical (unpaired) electrons. The maximum Gasteiger partial charge on any atom is 0.185 e. The Morgan fingerprint density at radius 1 is 1.36 bits per heavy atom. The van der Waals surface area contributed by atoms with Crippen LogP contribution in [0.25, 0.3) is 0 Å². The van der Waals surface area contributed by atoms with Gasteiger partial charge >= 0.3 is 0 Å². The number of ether oxygens (including phenoxy) is 1. The number of aryl methyl sites for hydroxylation is 2. The van der Waals surface area contributed by atoms with E-state index in [4.69, 9.17) is 4.74 Å². The molecule has 1 aromatic carbocycles. The van der Waals surface area contributed by atoms with Gasteiger partial charge in [0.25, 0.3) is 0 Å². The summed E-state index contributed by atoms with van der Waals surface area (Å²) in [5.74, 6) is 0.761. The van der Waals surface area contributed by atoms with Crippen LogP contribution in [0.2, 0.25) is 0 Å². The van der Waals surface area contributed by atoms with Crippen LogP contribution in [0.4, 0.5) is 0 Å². The van der Waals surface area contributed by atoms with Crippen molar-refractivity contribution < 1.29 is 9.53 Å². The van der Waals surface area contributed by atoms with Gasteiger partial charge < -0.3 is 4.74 Å². The van der Waals surface area contributed by atoms with Gasteiger partial charge in [0.15, 0.2) is 5.78 Å². The highest BCUT2D eigenvalue weighted by atomic mass is 16.5. The molecule has 0 aliphatic carbocycles. The molecule has 1 rings (SSSR count). The van der Waals surface area contributed by atoms with Crippen LogP contribution in [0.15, 0.2) is 24.8 Å². The van der Waals surface area contributed by atoms with E-state index in [0.29, 0.717) is 5.56 Å². The number of hydrogen-bond acceptors (Lipinski definition) is 2. The van der Waals surface area contributed by atoms with E-state index in [-0.39, 0.29) is 5.78 Å². The summed E-state index contributed by atoms with van der Waals surface area (Å²) in [4.78, 5) is 11.4. The molecule has 74 valence electrons. The lowest BCUT2D eigenvalue weighted by Crippen LogP contribution is -1.99. The van der Waals surface area contributed by atoms with Crippen molar-refractivity contribution in [3.8, 4) is 5.75 Å². The normalized spacial score (nSPS) is 9.64. The highest BCUT2D eigenvalue weighted by Gasteiger charge is 2.08. The number of carbonyl (C=O) groups is 1. The molecule has 0 aromatic heterocycles. The van der Waals surface area contributed by atoms with Crippen LogP contribution in [0.5, 0.6) is 5.75 Å². The first-order valence-corrected chi connectivity index (χ1v) is 4.42. The largest absolute Gasteiger partial charge is 0.496 e. The Morgan fingerprint density at radius 2 is 2.00 bits per heavy atom. The molecule has 0 amide bonds. The summed E-state index contributed by atoms with van der Waals surface area (Å²) in [6, 6.07) is 3.70. The highest BCUT2D eigenvalue weighted by Crippen LogP contribution is 2.22. The first-order chi connectivity index (χ1) is 6.60. The van der Waals surface area contributed by atoms with E-state index in [9.17, 15) is 4.79 Å². The third kappa shape index (κ3) is 1.84. The quantitative estimate of drug-likeness (QED) is 0.541. The second kappa shape index (κ2) is 4.09. The van der Waals surface area contributed by atoms with Gasteiger partial charge in [-0.2, -0.15) is 0 Å². The summed E-state index contributed by atoms with van der Waals surface area (Å²) in [5.41, 5.74) is 2.57. The second-order valence-electron chi connectivity index (χ2n) is 3.21. The van der Waals surface area contributed by atoms with E-state index in [1.54, 1.807) is 7.11 Å². The monoisotopic (exact) mass is 190 g/mol. The van der Waals surface area contributed by atoms with Gasteiger partial charge in [-0.05, 0) is 43.2 Å². The minimum atomic E-state index is -0.0479. The third-order valence-corrected chi connectivity index (χ3v) is 2.19. The van der Waals surface area contributed by atoms with Crippen molar-refractivity contribution >= 4 is 5.78 Å². The predicted octanol–water partition coefficient (Wildman–Crippen LogP) is 2.68. The summed E-state index contributed by atoms with van der Waals surface area (Å²) in [5, 5.41) is 0. The zero-order valence-electron chi connectivity index (χ0n) is 8.76. The van der Waals surface area contributed by atoms with Crippen LogP contribution >= 0.6 is 0 Å². The van der Waals surface area contributed by atoms with Gasteiger partial charge in [0.2, 0.25) is 0 Å². The van der Waals surface area contributed by atoms with Gasteiger partial charge in [0.05, 0.1) is 7.11 Å². The Morgan fingerprint density at radius 3 is 2.50 bits per heavy atom. The molecule has 0 aliphatic rings. The number of rotatable bonds is 3. The lowest BCUT2D eigenvalue weighted by Gasteiger charge is -2.08. The fourth-order valence-electron chi connectivity index (χ4n) is 1.39. The van der Waals surface area contributed by atoms with Crippen LogP contribution in [0, 0.1) is 13.8 Å². The second-order valence-corrected chi connectivity index (χ2v) is 3.21. The van der Waals surface area contributed by atoms with E-state index < -0.39 is 0 Å². The van der Waals surface area contributed by atoms with Crippen molar-refractivity contribution in [2.75, 3.05) is 7.11 Å². The fourth-order valence-corrected chi connectivity index (χ4v) is 1.39. The molecule has 0 fully saturated rings. The first-order valence-electron chi connectivity index (χ1n) is 4.42. The molecule has 0 bridgehead atoms. The third-order valence-electron chi connectivity index (χ3n) is 2.19. The average Bonchev–Trinajstić information content (AvgIpc) is 2.19. The number of allylic oxidation sites excluding steroid dienone is 1. The number of methoxy groups -OCH3 is 1. The molecule has 0 heterocycles. The molecule has 0 atom stereocenters. The van der Waals surface area contributed by atoms with Crippen LogP contribution in [-0.4, -0.2) is 12.9 Å². The molecular formula is C12H14O2. The minimum Gasteiger partial charge on any atom is -0.496 e. The lowest BCUT2D eigenvalue weighted by atomic mass is 10.0. The smallest absolute Gasteiger partial charge is 0.185 e. The van der Waals surface area contributed by atoms with E-state index in [2.05, 4.69) is 6.58 Å². The molecule has 2 nitrogen and oxygen atoms in total. The summed E-state index contributed by atoms with van der Waals surface area (Å²) in [6.07, 6.45) is 1.33. The van der Waals surface area contributed by atoms with Crippen molar-refractivity contribution in [3.05, 3.63) is 41.5 Å². The summed E-state index contributed by atoms with van der Waals surface area (Å²) >= 11 is 0. The topological polar surface area (TPSA) is 26.3 Å². The zero-order chi connectivity index (χ0) is 10.7. The molecule has 0 N–H and O–H groups in total. The van der Waals surface area contributed by atoms with Crippen LogP contribution in [0.1, 0.15) is 21.5 Å². The van der Waals surface area contributed by atoms with Gasteiger partial charge in [-0.25, -0.2) is 0 Å². The molecule has 0 saturated heterocycles. The van der Waals surface area contributed by atoms with Crippen LogP contribution in [-0.2, 0) is 0 Å². The standard InChI is InChI=1S/C12H14O2/c1-5-11(13)10-6-9(3)12(14-4)7-8(10)2/h5-7H,1H2,2-4H3. The van der Waals surface area contributed by atoms with Gasteiger partial charge in [0, 0.05) is 5.56 Å². The number of carbonyl (C=O) groups excluding carboxylic acids is 1. The molecule has 0 spiro atoms. The van der Waals surface area contributed by atoms with E-state index in [0.717, 1.165) is 16.9 Å². The molecule has 14 heavy (non-hydrogen) atoms. The van der Waals surface area contributed by atoms with Gasteiger partial charge in [0.1, 0.15) is 5.75 Å². The zero-order valence-corrected chi connectivity index (χ0v) is 8.76. The number of benzene rings is 1. The summed E-state index contributed by atoms with van der Waals surface area (Å²) < 4.78 is 5.16. The van der Waals surface area contributed by atoms with Crippen molar-refractivity contribution in [1.82, 2.24) is 0 Å². The molecule has 0 saturated carbocycles. The first kappa shape index (κ1) is 10.5. The molecule has 0 unspecified atom stereocenters. The van der Waals surface area contributed by atoms with Crippen LogP contribution in [0.3, 0.4) is 0 Å². The Labute approximate surface area is 84.2 Å². The maximum absolute atomic E-state index is 11.4. The Bertz CT molecular complexity index is 378. The molecule has 1 aromatic rings. The highest BCUT2D eigenvalue weighted by molar-refractivity contribution is 6.05. The van der Waals surface area contributed by atoms with Crippen LogP contribution < -0.4 is 4.74 Å². The Balaban J connectivity index is 3.28. The fraction of sp³-hybridized carbons (Fsp3) is 0.250. The molecular weight excluding hydrogens is 176 g/mol.